The van der Waals surface area contributed by atoms with Crippen molar-refractivity contribution in [3.63, 3.8) is 0 Å². The van der Waals surface area contributed by atoms with E-state index < -0.39 is 0 Å². The summed E-state index contributed by atoms with van der Waals surface area (Å²) < 4.78 is 25.6. The Bertz CT molecular complexity index is 4780. The Labute approximate surface area is 521 Å². The van der Waals surface area contributed by atoms with Crippen molar-refractivity contribution in [2.24, 2.45) is 0 Å². The van der Waals surface area contributed by atoms with E-state index in [9.17, 15) is 29.7 Å². The second-order valence-corrected chi connectivity index (χ2v) is 19.4. The molecule has 12 rings (SSSR count). The minimum Gasteiger partial charge on any atom is -0.504 e. The maximum absolute atomic E-state index is 13.4. The Morgan fingerprint density at radius 2 is 0.644 bits per heavy atom. The molecule has 0 radical (unpaired) electrons. The lowest BCUT2D eigenvalue weighted by Crippen LogP contribution is -2.23. The van der Waals surface area contributed by atoms with Gasteiger partial charge in [0.15, 0.2) is 34.5 Å². The first kappa shape index (κ1) is 65.8. The fourth-order valence-electron chi connectivity index (χ4n) is 9.71. The number of nitrogens with zero attached hydrogens (tertiary/aromatic N) is 6. The predicted octanol–water partition coefficient (Wildman–Crippen LogP) is 15.0. The Kier molecular flexibility index (Phi) is 21.9. The molecular weight excluding hydrogens is 1130 g/mol. The molecule has 0 aliphatic heterocycles. The number of ether oxygens (including phenoxy) is 4. The molecule has 16 nitrogen and oxygen atoms in total. The largest absolute Gasteiger partial charge is 0.504 e. The van der Waals surface area contributed by atoms with Crippen LogP contribution in [0.5, 0.6) is 40.2 Å². The van der Waals surface area contributed by atoms with Gasteiger partial charge in [-0.15, -0.1) is 0 Å². The summed E-state index contributed by atoms with van der Waals surface area (Å²) in [6, 6.07) is 61.7. The second-order valence-electron chi connectivity index (χ2n) is 19.4. The summed E-state index contributed by atoms with van der Waals surface area (Å²) in [6.07, 6.45) is 10.3. The van der Waals surface area contributed by atoms with Crippen molar-refractivity contribution < 1.29 is 34.3 Å². The summed E-state index contributed by atoms with van der Waals surface area (Å²) in [5.74, 6) is 3.13. The quantitative estimate of drug-likeness (QED) is 0.0985. The van der Waals surface area contributed by atoms with Crippen molar-refractivity contribution in [1.82, 2.24) is 28.7 Å². The molecule has 0 aliphatic rings. The molecule has 16 heteroatoms. The van der Waals surface area contributed by atoms with Gasteiger partial charge in [0.25, 0.3) is 16.7 Å². The van der Waals surface area contributed by atoms with Gasteiger partial charge in [-0.05, 0) is 134 Å². The van der Waals surface area contributed by atoms with Crippen LogP contribution in [0.25, 0.3) is 86.2 Å². The number of methoxy groups -OCH3 is 4. The van der Waals surface area contributed by atoms with E-state index in [0.717, 1.165) is 16.9 Å². The van der Waals surface area contributed by atoms with Gasteiger partial charge >= 0.3 is 0 Å². The van der Waals surface area contributed by atoms with E-state index in [4.69, 9.17) is 23.9 Å². The number of hydrogen-bond acceptors (Lipinski definition) is 13. The number of benzene rings is 9. The van der Waals surface area contributed by atoms with Crippen LogP contribution in [0.1, 0.15) is 62.0 Å². The Morgan fingerprint density at radius 3 is 1.04 bits per heavy atom. The van der Waals surface area contributed by atoms with Crippen LogP contribution in [0.2, 0.25) is 0 Å². The van der Waals surface area contributed by atoms with Crippen LogP contribution >= 0.6 is 0 Å². The lowest BCUT2D eigenvalue weighted by molar-refractivity contribution is 0.373. The monoisotopic (exact) mass is 1200 g/mol. The minimum atomic E-state index is -0.209. The predicted molar refractivity (Wildman–Crippen MR) is 364 cm³/mol. The lowest BCUT2D eigenvalue weighted by Gasteiger charge is -2.14. The molecule has 0 atom stereocenters. The van der Waals surface area contributed by atoms with Crippen molar-refractivity contribution in [2.75, 3.05) is 28.4 Å². The third-order valence-electron chi connectivity index (χ3n) is 14.1. The minimum absolute atomic E-state index is 0. The van der Waals surface area contributed by atoms with Crippen LogP contribution < -0.4 is 35.6 Å². The van der Waals surface area contributed by atoms with Crippen molar-refractivity contribution in [2.45, 2.75) is 29.2 Å². The normalized spacial score (nSPS) is 10.8. The van der Waals surface area contributed by atoms with Gasteiger partial charge in [-0.3, -0.25) is 28.1 Å². The third kappa shape index (κ3) is 13.9. The molecule has 0 fully saturated rings. The first-order valence-electron chi connectivity index (χ1n) is 27.3. The summed E-state index contributed by atoms with van der Waals surface area (Å²) in [6.45, 7) is 1.96. The summed E-state index contributed by atoms with van der Waals surface area (Å²) in [7, 11) is 6.05. The van der Waals surface area contributed by atoms with Gasteiger partial charge in [0.2, 0.25) is 0 Å². The maximum Gasteiger partial charge on any atom is 0.266 e. The molecule has 0 saturated carbocycles. The second kappa shape index (κ2) is 30.0. The van der Waals surface area contributed by atoms with Gasteiger partial charge < -0.3 is 34.3 Å². The van der Waals surface area contributed by atoms with E-state index in [2.05, 4.69) is 9.97 Å². The number of aromatic hydroxyl groups is 3. The van der Waals surface area contributed by atoms with Crippen molar-refractivity contribution in [3.05, 3.63) is 277 Å². The number of aryl methyl sites for hydroxylation is 1. The van der Waals surface area contributed by atoms with E-state index in [1.54, 1.807) is 144 Å². The number of hydrogen-bond donors (Lipinski definition) is 3. The highest BCUT2D eigenvalue weighted by Crippen LogP contribution is 2.34. The summed E-state index contributed by atoms with van der Waals surface area (Å²) >= 11 is 0. The van der Waals surface area contributed by atoms with Crippen molar-refractivity contribution >= 4 is 69.2 Å². The first-order valence-corrected chi connectivity index (χ1v) is 27.3. The molecule has 12 aromatic rings. The molecule has 456 valence electrons. The standard InChI is InChI=1S/C24H20N2O4.C24H20N2O3.C23H18N2O3.3CH4/c1-29-20-12-6-5-11-19(20)26-22(25-18-10-4-3-9-17(18)24(26)28)15-14-16-8-7-13-21(30-2)23(16)27;1-16-8-3-6-12-20(16)26-22(25-19-11-5-4-10-18(19)24(26)28)15-14-17-9-7-13-21(29-2)23(17)27;1-28-20-13-7-8-16(22(20)26)14-15-21-24-19-12-6-5-11-18(19)23(27)25(21)17-9-3-2-4-10-17;;;/h3-15,27H,1-2H3;3-15,27H,1-2H3;2-15,26H,1H3;3*1H4/b3*15-14+;;;. The zero-order chi connectivity index (χ0) is 61.0. The molecule has 3 heterocycles. The van der Waals surface area contributed by atoms with Crippen molar-refractivity contribution in [1.29, 1.82) is 0 Å². The van der Waals surface area contributed by atoms with E-state index in [1.165, 1.54) is 25.9 Å². The van der Waals surface area contributed by atoms with Gasteiger partial charge in [0, 0.05) is 16.7 Å². The fraction of sp³-hybridized carbons (Fsp3) is 0.108. The van der Waals surface area contributed by atoms with Crippen LogP contribution in [0.15, 0.2) is 221 Å². The van der Waals surface area contributed by atoms with Gasteiger partial charge in [-0.2, -0.15) is 0 Å². The van der Waals surface area contributed by atoms with Gasteiger partial charge in [-0.25, -0.2) is 15.0 Å². The Morgan fingerprint density at radius 1 is 0.333 bits per heavy atom. The van der Waals surface area contributed by atoms with E-state index in [-0.39, 0.29) is 56.2 Å². The van der Waals surface area contributed by atoms with E-state index >= 15 is 0 Å². The van der Waals surface area contributed by atoms with Crippen LogP contribution in [0, 0.1) is 6.92 Å². The molecule has 9 aromatic carbocycles. The number of aromatic nitrogens is 6. The Balaban J connectivity index is 0.000000189. The fourth-order valence-corrected chi connectivity index (χ4v) is 9.71. The van der Waals surface area contributed by atoms with Crippen molar-refractivity contribution in [3.8, 4) is 57.3 Å². The molecule has 0 aliphatic carbocycles. The molecule has 90 heavy (non-hydrogen) atoms. The highest BCUT2D eigenvalue weighted by atomic mass is 16.5. The summed E-state index contributed by atoms with van der Waals surface area (Å²) in [4.78, 5) is 53.9. The van der Waals surface area contributed by atoms with Crippen LogP contribution in [0.4, 0.5) is 0 Å². The van der Waals surface area contributed by atoms with Crippen LogP contribution in [-0.4, -0.2) is 72.4 Å². The molecule has 0 saturated heterocycles. The van der Waals surface area contributed by atoms with Crippen LogP contribution in [-0.2, 0) is 0 Å². The highest BCUT2D eigenvalue weighted by molar-refractivity contribution is 5.84. The summed E-state index contributed by atoms with van der Waals surface area (Å²) in [5.41, 5.74) is 6.06. The van der Waals surface area contributed by atoms with E-state index in [1.807, 2.05) is 122 Å². The Hall–Kier alpha value is -11.8. The van der Waals surface area contributed by atoms with Gasteiger partial charge in [-0.1, -0.05) is 144 Å². The zero-order valence-electron chi connectivity index (χ0n) is 48.0. The average molecular weight is 1200 g/mol. The topological polar surface area (TPSA) is 202 Å². The highest BCUT2D eigenvalue weighted by Gasteiger charge is 2.17. The number of phenols is 3. The smallest absolute Gasteiger partial charge is 0.266 e. The molecule has 0 spiro atoms. The zero-order valence-corrected chi connectivity index (χ0v) is 48.0. The molecule has 0 amide bonds. The number of rotatable bonds is 13. The number of phenolic OH excluding ortho intramolecular Hbond substituents is 3. The van der Waals surface area contributed by atoms with Gasteiger partial charge in [0.05, 0.1) is 78.2 Å². The molecule has 0 unspecified atom stereocenters. The maximum atomic E-state index is 13.4. The summed E-state index contributed by atoms with van der Waals surface area (Å²) in [5, 5.41) is 32.7. The lowest BCUT2D eigenvalue weighted by atomic mass is 10.1. The molecule has 3 aromatic heterocycles. The molecule has 3 N–H and O–H groups in total. The van der Waals surface area contributed by atoms with Gasteiger partial charge in [0.1, 0.15) is 23.2 Å². The van der Waals surface area contributed by atoms with Crippen LogP contribution in [0.3, 0.4) is 0 Å². The molecular formula is C74H70N6O10. The number of fused-ring (bicyclic) bond motifs is 3. The van der Waals surface area contributed by atoms with E-state index in [0.29, 0.717) is 95.6 Å². The SMILES string of the molecule is C.C.C.COc1cccc(/C=C/c2nc3ccccc3c(=O)n2-c2ccccc2)c1O.COc1cccc(/C=C/c2nc3ccccc3c(=O)n2-c2ccccc2C)c1O.COc1ccccc1-n1c(/C=C/c2cccc(OC)c2O)nc2ccccc2c1=O. The first-order chi connectivity index (χ1) is 42.4. The molecule has 0 bridgehead atoms. The number of para-hydroxylation sites is 10. The average Bonchev–Trinajstić information content (AvgIpc) is 0.840. The third-order valence-corrected chi connectivity index (χ3v) is 14.1.